The van der Waals surface area contributed by atoms with Crippen molar-refractivity contribution in [2.75, 3.05) is 31.5 Å². The van der Waals surface area contributed by atoms with Gasteiger partial charge in [0, 0.05) is 31.9 Å². The third kappa shape index (κ3) is 3.92. The van der Waals surface area contributed by atoms with Crippen molar-refractivity contribution < 1.29 is 9.59 Å². The molecule has 0 unspecified atom stereocenters. The standard InChI is InChI=1S/C20H21N5O2/c26-19(13-15-6-7-17-18(12-15)22-14-21-17)24-8-10-25(11-9-24)20(27)23-16-4-2-1-3-5-16/h1-7,12,14H,8-11,13H2,(H,21,22)(H,23,27). The Balaban J connectivity index is 1.30. The van der Waals surface area contributed by atoms with Gasteiger partial charge in [-0.25, -0.2) is 9.78 Å². The number of nitrogens with one attached hydrogen (secondary N) is 2. The summed E-state index contributed by atoms with van der Waals surface area (Å²) in [7, 11) is 0. The third-order valence-corrected chi connectivity index (χ3v) is 4.78. The lowest BCUT2D eigenvalue weighted by atomic mass is 10.1. The van der Waals surface area contributed by atoms with Gasteiger partial charge in [-0.3, -0.25) is 4.79 Å². The Morgan fingerprint density at radius 3 is 2.52 bits per heavy atom. The van der Waals surface area contributed by atoms with Gasteiger partial charge in [-0.05, 0) is 29.8 Å². The zero-order valence-electron chi connectivity index (χ0n) is 14.9. The second kappa shape index (κ2) is 7.49. The van der Waals surface area contributed by atoms with Crippen molar-refractivity contribution in [3.8, 4) is 0 Å². The van der Waals surface area contributed by atoms with Crippen LogP contribution in [0.15, 0.2) is 54.9 Å². The second-order valence-corrected chi connectivity index (χ2v) is 6.59. The first kappa shape index (κ1) is 17.1. The van der Waals surface area contributed by atoms with Gasteiger partial charge >= 0.3 is 6.03 Å². The van der Waals surface area contributed by atoms with Crippen molar-refractivity contribution in [2.45, 2.75) is 6.42 Å². The molecule has 1 aliphatic rings. The van der Waals surface area contributed by atoms with Crippen LogP contribution >= 0.6 is 0 Å². The molecule has 2 heterocycles. The molecule has 3 aromatic rings. The zero-order chi connectivity index (χ0) is 18.6. The number of anilines is 1. The Labute approximate surface area is 157 Å². The van der Waals surface area contributed by atoms with Gasteiger partial charge in [0.2, 0.25) is 5.91 Å². The van der Waals surface area contributed by atoms with Crippen LogP contribution in [0.1, 0.15) is 5.56 Å². The van der Waals surface area contributed by atoms with E-state index >= 15 is 0 Å². The number of carbonyl (C=O) groups is 2. The number of rotatable bonds is 3. The highest BCUT2D eigenvalue weighted by molar-refractivity contribution is 5.89. The number of aromatic amines is 1. The molecule has 0 atom stereocenters. The number of benzene rings is 2. The van der Waals surface area contributed by atoms with Crippen LogP contribution in [-0.4, -0.2) is 57.9 Å². The van der Waals surface area contributed by atoms with Gasteiger partial charge < -0.3 is 20.1 Å². The predicted molar refractivity (Wildman–Crippen MR) is 103 cm³/mol. The molecule has 0 saturated carbocycles. The van der Waals surface area contributed by atoms with E-state index in [2.05, 4.69) is 15.3 Å². The summed E-state index contributed by atoms with van der Waals surface area (Å²) in [5.74, 6) is 0.0805. The SMILES string of the molecule is O=C(Cc1ccc2nc[nH]c2c1)N1CCN(C(=O)Nc2ccccc2)CC1. The van der Waals surface area contributed by atoms with Crippen molar-refractivity contribution in [3.63, 3.8) is 0 Å². The van der Waals surface area contributed by atoms with E-state index in [0.29, 0.717) is 32.6 Å². The number of para-hydroxylation sites is 1. The maximum absolute atomic E-state index is 12.6. The van der Waals surface area contributed by atoms with Crippen LogP contribution in [0.2, 0.25) is 0 Å². The number of carbonyl (C=O) groups excluding carboxylic acids is 2. The molecule has 4 rings (SSSR count). The number of imidazole rings is 1. The van der Waals surface area contributed by atoms with Crippen LogP contribution in [0.5, 0.6) is 0 Å². The molecule has 27 heavy (non-hydrogen) atoms. The van der Waals surface area contributed by atoms with E-state index in [9.17, 15) is 9.59 Å². The maximum atomic E-state index is 12.6. The quantitative estimate of drug-likeness (QED) is 0.750. The van der Waals surface area contributed by atoms with Crippen LogP contribution in [0.3, 0.4) is 0 Å². The molecule has 0 aliphatic carbocycles. The Morgan fingerprint density at radius 2 is 1.74 bits per heavy atom. The summed E-state index contributed by atoms with van der Waals surface area (Å²) in [6.45, 7) is 2.16. The Bertz CT molecular complexity index is 945. The molecule has 3 amide bonds. The molecule has 2 aromatic carbocycles. The third-order valence-electron chi connectivity index (χ3n) is 4.78. The Kier molecular flexibility index (Phi) is 4.74. The number of aromatic nitrogens is 2. The van der Waals surface area contributed by atoms with E-state index in [0.717, 1.165) is 22.3 Å². The molecule has 1 saturated heterocycles. The first-order valence-corrected chi connectivity index (χ1v) is 9.00. The first-order chi connectivity index (χ1) is 13.2. The lowest BCUT2D eigenvalue weighted by Crippen LogP contribution is -2.52. The summed E-state index contributed by atoms with van der Waals surface area (Å²) in [6.07, 6.45) is 2.00. The molecule has 2 N–H and O–H groups in total. The fraction of sp³-hybridized carbons (Fsp3) is 0.250. The Hall–Kier alpha value is -3.35. The van der Waals surface area contributed by atoms with Crippen molar-refractivity contribution >= 4 is 28.7 Å². The average Bonchev–Trinajstić information content (AvgIpc) is 3.16. The minimum Gasteiger partial charge on any atom is -0.345 e. The number of fused-ring (bicyclic) bond motifs is 1. The molecule has 1 fully saturated rings. The number of hydrogen-bond acceptors (Lipinski definition) is 3. The largest absolute Gasteiger partial charge is 0.345 e. The predicted octanol–water partition coefficient (Wildman–Crippen LogP) is 2.48. The van der Waals surface area contributed by atoms with E-state index in [1.165, 1.54) is 0 Å². The van der Waals surface area contributed by atoms with E-state index < -0.39 is 0 Å². The van der Waals surface area contributed by atoms with Crippen molar-refractivity contribution in [3.05, 3.63) is 60.4 Å². The molecule has 0 bridgehead atoms. The van der Waals surface area contributed by atoms with Gasteiger partial charge in [0.15, 0.2) is 0 Å². The lowest BCUT2D eigenvalue weighted by Gasteiger charge is -2.34. The maximum Gasteiger partial charge on any atom is 0.321 e. The number of hydrogen-bond donors (Lipinski definition) is 2. The van der Waals surface area contributed by atoms with E-state index in [4.69, 9.17) is 0 Å². The minimum absolute atomic E-state index is 0.0805. The Morgan fingerprint density at radius 1 is 1.00 bits per heavy atom. The molecule has 7 heteroatoms. The van der Waals surface area contributed by atoms with Gasteiger partial charge in [-0.2, -0.15) is 0 Å². The molecule has 0 radical (unpaired) electrons. The van der Waals surface area contributed by atoms with Crippen LogP contribution in [0.25, 0.3) is 11.0 Å². The molecular formula is C20H21N5O2. The summed E-state index contributed by atoms with van der Waals surface area (Å²) in [6, 6.07) is 15.1. The fourth-order valence-electron chi connectivity index (χ4n) is 3.26. The normalized spacial score (nSPS) is 14.4. The van der Waals surface area contributed by atoms with E-state index in [1.807, 2.05) is 53.4 Å². The van der Waals surface area contributed by atoms with Crippen molar-refractivity contribution in [1.29, 1.82) is 0 Å². The average molecular weight is 363 g/mol. The van der Waals surface area contributed by atoms with Crippen LogP contribution < -0.4 is 5.32 Å². The summed E-state index contributed by atoms with van der Waals surface area (Å²) in [4.78, 5) is 35.7. The van der Waals surface area contributed by atoms with Crippen LogP contribution in [0, 0.1) is 0 Å². The molecule has 1 aliphatic heterocycles. The number of nitrogens with zero attached hydrogens (tertiary/aromatic N) is 3. The highest BCUT2D eigenvalue weighted by Gasteiger charge is 2.24. The van der Waals surface area contributed by atoms with Crippen molar-refractivity contribution in [2.24, 2.45) is 0 Å². The monoisotopic (exact) mass is 363 g/mol. The fourth-order valence-corrected chi connectivity index (χ4v) is 3.26. The van der Waals surface area contributed by atoms with Gasteiger partial charge in [0.25, 0.3) is 0 Å². The van der Waals surface area contributed by atoms with E-state index in [1.54, 1.807) is 11.2 Å². The van der Waals surface area contributed by atoms with E-state index in [-0.39, 0.29) is 11.9 Å². The van der Waals surface area contributed by atoms with Gasteiger partial charge in [-0.15, -0.1) is 0 Å². The topological polar surface area (TPSA) is 81.3 Å². The van der Waals surface area contributed by atoms with Gasteiger partial charge in [0.1, 0.15) is 0 Å². The number of amides is 3. The smallest absolute Gasteiger partial charge is 0.321 e. The van der Waals surface area contributed by atoms with Crippen molar-refractivity contribution in [1.82, 2.24) is 19.8 Å². The minimum atomic E-state index is -0.127. The summed E-state index contributed by atoms with van der Waals surface area (Å²) in [5.41, 5.74) is 3.56. The molecule has 0 spiro atoms. The van der Waals surface area contributed by atoms with Crippen LogP contribution in [0.4, 0.5) is 10.5 Å². The molecule has 1 aromatic heterocycles. The number of urea groups is 1. The highest BCUT2D eigenvalue weighted by atomic mass is 16.2. The molecule has 138 valence electrons. The zero-order valence-corrected chi connectivity index (χ0v) is 14.9. The molecular weight excluding hydrogens is 342 g/mol. The lowest BCUT2D eigenvalue weighted by molar-refractivity contribution is -0.131. The van der Waals surface area contributed by atoms with Crippen LogP contribution in [-0.2, 0) is 11.2 Å². The highest BCUT2D eigenvalue weighted by Crippen LogP contribution is 2.14. The molecule has 7 nitrogen and oxygen atoms in total. The first-order valence-electron chi connectivity index (χ1n) is 9.00. The van der Waals surface area contributed by atoms with Gasteiger partial charge in [-0.1, -0.05) is 24.3 Å². The number of H-pyrrole nitrogens is 1. The summed E-state index contributed by atoms with van der Waals surface area (Å²) >= 11 is 0. The summed E-state index contributed by atoms with van der Waals surface area (Å²) in [5, 5.41) is 2.88. The number of piperazine rings is 1. The summed E-state index contributed by atoms with van der Waals surface area (Å²) < 4.78 is 0. The van der Waals surface area contributed by atoms with Gasteiger partial charge in [0.05, 0.1) is 23.8 Å². The second-order valence-electron chi connectivity index (χ2n) is 6.59.